The average Bonchev–Trinajstić information content (AvgIpc) is 2.69. The topological polar surface area (TPSA) is 106 Å². The summed E-state index contributed by atoms with van der Waals surface area (Å²) in [7, 11) is 1.84. The van der Waals surface area contributed by atoms with Crippen LogP contribution >= 0.6 is 0 Å². The van der Waals surface area contributed by atoms with Crippen LogP contribution < -0.4 is 17.0 Å². The van der Waals surface area contributed by atoms with Gasteiger partial charge in [-0.15, -0.1) is 0 Å². The van der Waals surface area contributed by atoms with Gasteiger partial charge in [0.15, 0.2) is 11.5 Å². The molecule has 0 aliphatic rings. The summed E-state index contributed by atoms with van der Waals surface area (Å²) in [4.78, 5) is 4.36. The molecule has 2 aromatic rings. The number of rotatable bonds is 2. The van der Waals surface area contributed by atoms with Crippen LogP contribution in [0.4, 0.5) is 0 Å². The zero-order valence-electron chi connectivity index (χ0n) is 9.31. The average molecular weight is 228 g/mol. The molecule has 0 saturated heterocycles. The summed E-state index contributed by atoms with van der Waals surface area (Å²) in [6, 6.07) is 9.51. The summed E-state index contributed by atoms with van der Waals surface area (Å²) in [6.45, 7) is 0. The maximum atomic E-state index is 8.86. The number of allylic oxidation sites excluding steroid dienone is 1. The molecular formula is C11H12N6. The molecule has 0 bridgehead atoms. The lowest BCUT2D eigenvalue weighted by Crippen LogP contribution is -2.24. The molecule has 0 fully saturated rings. The molecule has 1 heterocycles. The van der Waals surface area contributed by atoms with E-state index in [1.165, 1.54) is 0 Å². The lowest BCUT2D eigenvalue weighted by molar-refractivity contribution is 0.887. The van der Waals surface area contributed by atoms with Crippen molar-refractivity contribution in [3.63, 3.8) is 0 Å². The summed E-state index contributed by atoms with van der Waals surface area (Å²) in [5.41, 5.74) is 10.2. The van der Waals surface area contributed by atoms with E-state index in [0.29, 0.717) is 5.82 Å². The van der Waals surface area contributed by atoms with Gasteiger partial charge in [-0.3, -0.25) is 0 Å². The van der Waals surface area contributed by atoms with E-state index in [-0.39, 0.29) is 11.4 Å². The van der Waals surface area contributed by atoms with E-state index in [1.54, 1.807) is 0 Å². The molecule has 0 unspecified atom stereocenters. The molecule has 5 N–H and O–H groups in total. The lowest BCUT2D eigenvalue weighted by atomic mass is 10.3. The Labute approximate surface area is 98.1 Å². The molecule has 0 atom stereocenters. The van der Waals surface area contributed by atoms with E-state index in [1.807, 2.05) is 41.9 Å². The summed E-state index contributed by atoms with van der Waals surface area (Å²) in [6.07, 6.45) is 0. The lowest BCUT2D eigenvalue weighted by Gasteiger charge is -2.04. The van der Waals surface area contributed by atoms with Gasteiger partial charge in [0.25, 0.3) is 0 Å². The van der Waals surface area contributed by atoms with Crippen molar-refractivity contribution in [3.8, 4) is 6.07 Å². The number of hydrazine groups is 1. The Balaban J connectivity index is 2.69. The van der Waals surface area contributed by atoms with Crippen LogP contribution in [-0.2, 0) is 7.05 Å². The van der Waals surface area contributed by atoms with Crippen molar-refractivity contribution in [3.05, 3.63) is 35.8 Å². The first-order valence-corrected chi connectivity index (χ1v) is 4.97. The normalized spacial score (nSPS) is 12.1. The monoisotopic (exact) mass is 228 g/mol. The van der Waals surface area contributed by atoms with Gasteiger partial charge >= 0.3 is 0 Å². The number of imidazole rings is 1. The number of nitrogens with one attached hydrogen (secondary N) is 1. The molecule has 0 aliphatic heterocycles. The first kappa shape index (κ1) is 11.0. The molecule has 0 spiro atoms. The number of hydrogen-bond acceptors (Lipinski definition) is 5. The second-order valence-electron chi connectivity index (χ2n) is 3.53. The fourth-order valence-corrected chi connectivity index (χ4v) is 1.67. The minimum absolute atomic E-state index is 0.100. The predicted octanol–water partition coefficient (Wildman–Crippen LogP) is 0.187. The van der Waals surface area contributed by atoms with Gasteiger partial charge in [0, 0.05) is 7.05 Å². The standard InChI is InChI=1S/C11H12N6/c1-17-9-5-3-2-4-7(9)15-11(17)10(13)8(6-12)16-14/h2-5,16H,13-14H2,1H3/b10-8-. The molecule has 0 saturated carbocycles. The molecule has 2 rings (SSSR count). The van der Waals surface area contributed by atoms with Crippen LogP contribution in [0.1, 0.15) is 5.82 Å². The Morgan fingerprint density at radius 3 is 2.76 bits per heavy atom. The molecule has 1 aromatic carbocycles. The number of aryl methyl sites for hydroxylation is 1. The molecule has 1 aromatic heterocycles. The van der Waals surface area contributed by atoms with E-state index >= 15 is 0 Å². The number of hydrogen-bond donors (Lipinski definition) is 3. The number of fused-ring (bicyclic) bond motifs is 1. The van der Waals surface area contributed by atoms with Gasteiger partial charge in [-0.25, -0.2) is 10.8 Å². The number of nitriles is 1. The number of benzene rings is 1. The fraction of sp³-hybridized carbons (Fsp3) is 0.0909. The highest BCUT2D eigenvalue weighted by Gasteiger charge is 2.12. The SMILES string of the molecule is Cn1c(/C(N)=C(\C#N)NN)nc2ccccc21. The molecule has 0 aliphatic carbocycles. The highest BCUT2D eigenvalue weighted by Crippen LogP contribution is 2.18. The predicted molar refractivity (Wildman–Crippen MR) is 64.8 cm³/mol. The van der Waals surface area contributed by atoms with Crippen molar-refractivity contribution >= 4 is 16.7 Å². The number of nitrogens with zero attached hydrogens (tertiary/aromatic N) is 3. The van der Waals surface area contributed by atoms with Crippen molar-refractivity contribution in [1.29, 1.82) is 5.26 Å². The fourth-order valence-electron chi connectivity index (χ4n) is 1.67. The molecular weight excluding hydrogens is 216 g/mol. The van der Waals surface area contributed by atoms with Crippen LogP contribution in [0, 0.1) is 11.3 Å². The summed E-state index contributed by atoms with van der Waals surface area (Å²) in [5, 5.41) is 8.86. The van der Waals surface area contributed by atoms with Crippen molar-refractivity contribution in [2.75, 3.05) is 0 Å². The summed E-state index contributed by atoms with van der Waals surface area (Å²) >= 11 is 0. The molecule has 86 valence electrons. The largest absolute Gasteiger partial charge is 0.393 e. The molecule has 6 nitrogen and oxygen atoms in total. The van der Waals surface area contributed by atoms with Crippen LogP contribution in [0.5, 0.6) is 0 Å². The third-order valence-corrected chi connectivity index (χ3v) is 2.55. The Morgan fingerprint density at radius 2 is 2.18 bits per heavy atom. The molecule has 0 amide bonds. The van der Waals surface area contributed by atoms with Gasteiger partial charge in [-0.05, 0) is 12.1 Å². The van der Waals surface area contributed by atoms with Crippen molar-refractivity contribution in [2.45, 2.75) is 0 Å². The van der Waals surface area contributed by atoms with E-state index in [0.717, 1.165) is 11.0 Å². The Bertz CT molecular complexity index is 631. The number of para-hydroxylation sites is 2. The minimum atomic E-state index is 0.100. The highest BCUT2D eigenvalue weighted by molar-refractivity contribution is 5.80. The van der Waals surface area contributed by atoms with E-state index < -0.39 is 0 Å². The third-order valence-electron chi connectivity index (χ3n) is 2.55. The van der Waals surface area contributed by atoms with Gasteiger partial charge in [0.2, 0.25) is 0 Å². The highest BCUT2D eigenvalue weighted by atomic mass is 15.2. The van der Waals surface area contributed by atoms with Crippen molar-refractivity contribution in [1.82, 2.24) is 15.0 Å². The maximum absolute atomic E-state index is 8.86. The smallest absolute Gasteiger partial charge is 0.159 e. The second-order valence-corrected chi connectivity index (χ2v) is 3.53. The summed E-state index contributed by atoms with van der Waals surface area (Å²) in [5.74, 6) is 5.73. The van der Waals surface area contributed by atoms with Gasteiger partial charge < -0.3 is 15.7 Å². The van der Waals surface area contributed by atoms with Gasteiger partial charge in [0.05, 0.1) is 11.0 Å². The zero-order chi connectivity index (χ0) is 12.4. The van der Waals surface area contributed by atoms with Crippen LogP contribution in [-0.4, -0.2) is 9.55 Å². The Hall–Kier alpha value is -2.52. The van der Waals surface area contributed by atoms with Crippen LogP contribution in [0.2, 0.25) is 0 Å². The van der Waals surface area contributed by atoms with E-state index in [9.17, 15) is 0 Å². The Kier molecular flexibility index (Phi) is 2.68. The van der Waals surface area contributed by atoms with Crippen molar-refractivity contribution < 1.29 is 0 Å². The zero-order valence-corrected chi connectivity index (χ0v) is 9.31. The first-order chi connectivity index (χ1) is 8.19. The van der Waals surface area contributed by atoms with Gasteiger partial charge in [-0.2, -0.15) is 5.26 Å². The van der Waals surface area contributed by atoms with E-state index in [2.05, 4.69) is 10.4 Å². The summed E-state index contributed by atoms with van der Waals surface area (Å²) < 4.78 is 1.82. The maximum Gasteiger partial charge on any atom is 0.159 e. The molecule has 6 heteroatoms. The second kappa shape index (κ2) is 4.15. The van der Waals surface area contributed by atoms with Crippen LogP contribution in [0.3, 0.4) is 0 Å². The molecule has 0 radical (unpaired) electrons. The third kappa shape index (κ3) is 1.68. The first-order valence-electron chi connectivity index (χ1n) is 4.97. The van der Waals surface area contributed by atoms with E-state index in [4.69, 9.17) is 16.8 Å². The van der Waals surface area contributed by atoms with Crippen molar-refractivity contribution in [2.24, 2.45) is 18.6 Å². The number of aromatic nitrogens is 2. The minimum Gasteiger partial charge on any atom is -0.393 e. The van der Waals surface area contributed by atoms with Crippen LogP contribution in [0.25, 0.3) is 16.7 Å². The Morgan fingerprint density at radius 1 is 1.47 bits per heavy atom. The van der Waals surface area contributed by atoms with Gasteiger partial charge in [-0.1, -0.05) is 12.1 Å². The molecule has 17 heavy (non-hydrogen) atoms. The number of nitrogens with two attached hydrogens (primary N) is 2. The van der Waals surface area contributed by atoms with Crippen LogP contribution in [0.15, 0.2) is 30.0 Å². The quantitative estimate of drug-likeness (QED) is 0.386. The van der Waals surface area contributed by atoms with Gasteiger partial charge in [0.1, 0.15) is 11.8 Å².